The van der Waals surface area contributed by atoms with Gasteiger partial charge in [-0.25, -0.2) is 0 Å². The molecule has 0 aliphatic carbocycles. The minimum Gasteiger partial charge on any atom is -0.305 e. The fourth-order valence-corrected chi connectivity index (χ4v) is 1.40. The first-order valence-corrected chi connectivity index (χ1v) is 5.47. The highest BCUT2D eigenvalue weighted by atomic mass is 16.1. The number of anilines is 1. The van der Waals surface area contributed by atoms with Crippen LogP contribution in [0.1, 0.15) is 28.7 Å². The van der Waals surface area contributed by atoms with E-state index in [1.807, 2.05) is 19.9 Å². The molecule has 0 aromatic carbocycles. The van der Waals surface area contributed by atoms with E-state index in [9.17, 15) is 4.79 Å². The van der Waals surface area contributed by atoms with Gasteiger partial charge in [-0.05, 0) is 25.5 Å². The van der Waals surface area contributed by atoms with Gasteiger partial charge in [0.15, 0.2) is 5.82 Å². The van der Waals surface area contributed by atoms with Gasteiger partial charge >= 0.3 is 0 Å². The van der Waals surface area contributed by atoms with Gasteiger partial charge in [0.2, 0.25) is 0 Å². The van der Waals surface area contributed by atoms with E-state index in [1.54, 1.807) is 18.3 Å². The van der Waals surface area contributed by atoms with Crippen LogP contribution in [0.4, 0.5) is 5.82 Å². The quantitative estimate of drug-likeness (QED) is 0.846. The Morgan fingerprint density at radius 1 is 1.47 bits per heavy atom. The average Bonchev–Trinajstić information content (AvgIpc) is 2.77. The van der Waals surface area contributed by atoms with Gasteiger partial charge in [0.05, 0.1) is 5.56 Å². The summed E-state index contributed by atoms with van der Waals surface area (Å²) in [7, 11) is 0. The summed E-state index contributed by atoms with van der Waals surface area (Å²) in [5.74, 6) is 0.332. The van der Waals surface area contributed by atoms with Crippen LogP contribution in [-0.2, 0) is 6.42 Å². The SMILES string of the molecule is CCc1cc(NC(=O)c2ccc(C)nc2)n[nH]1. The van der Waals surface area contributed by atoms with Crippen LogP contribution >= 0.6 is 0 Å². The normalized spacial score (nSPS) is 10.2. The van der Waals surface area contributed by atoms with Crippen molar-refractivity contribution in [2.75, 3.05) is 5.32 Å². The minimum absolute atomic E-state index is 0.202. The van der Waals surface area contributed by atoms with Crippen LogP contribution in [0.3, 0.4) is 0 Å². The number of rotatable bonds is 3. The third-order valence-corrected chi connectivity index (χ3v) is 2.43. The maximum atomic E-state index is 11.8. The van der Waals surface area contributed by atoms with Crippen molar-refractivity contribution in [1.82, 2.24) is 15.2 Å². The summed E-state index contributed by atoms with van der Waals surface area (Å²) in [5.41, 5.74) is 2.40. The third-order valence-electron chi connectivity index (χ3n) is 2.43. The molecule has 0 aliphatic rings. The van der Waals surface area contributed by atoms with Crippen LogP contribution in [0.2, 0.25) is 0 Å². The van der Waals surface area contributed by atoms with Gasteiger partial charge in [0.25, 0.3) is 5.91 Å². The van der Waals surface area contributed by atoms with E-state index in [4.69, 9.17) is 0 Å². The van der Waals surface area contributed by atoms with Crippen molar-refractivity contribution in [2.45, 2.75) is 20.3 Å². The average molecular weight is 230 g/mol. The van der Waals surface area contributed by atoms with E-state index in [0.717, 1.165) is 17.8 Å². The van der Waals surface area contributed by atoms with Crippen LogP contribution in [0, 0.1) is 6.92 Å². The molecule has 0 saturated heterocycles. The Bertz CT molecular complexity index is 516. The molecular formula is C12H14N4O. The Balaban J connectivity index is 2.08. The number of pyridine rings is 1. The zero-order chi connectivity index (χ0) is 12.3. The molecule has 5 heteroatoms. The van der Waals surface area contributed by atoms with Gasteiger partial charge in [0, 0.05) is 23.7 Å². The summed E-state index contributed by atoms with van der Waals surface area (Å²) in [5, 5.41) is 9.54. The summed E-state index contributed by atoms with van der Waals surface area (Å²) in [6.07, 6.45) is 2.41. The zero-order valence-electron chi connectivity index (χ0n) is 9.82. The maximum Gasteiger partial charge on any atom is 0.258 e. The highest BCUT2D eigenvalue weighted by molar-refractivity contribution is 6.03. The molecule has 0 unspecified atom stereocenters. The van der Waals surface area contributed by atoms with Crippen LogP contribution in [0.15, 0.2) is 24.4 Å². The molecule has 17 heavy (non-hydrogen) atoms. The van der Waals surface area contributed by atoms with E-state index < -0.39 is 0 Å². The van der Waals surface area contributed by atoms with Crippen molar-refractivity contribution >= 4 is 11.7 Å². The molecule has 0 radical (unpaired) electrons. The van der Waals surface area contributed by atoms with Crippen LogP contribution in [0.25, 0.3) is 0 Å². The lowest BCUT2D eigenvalue weighted by molar-refractivity contribution is 0.102. The third kappa shape index (κ3) is 2.69. The zero-order valence-corrected chi connectivity index (χ0v) is 9.82. The summed E-state index contributed by atoms with van der Waals surface area (Å²) in [6, 6.07) is 5.36. The Kier molecular flexibility index (Phi) is 3.18. The summed E-state index contributed by atoms with van der Waals surface area (Å²) < 4.78 is 0. The van der Waals surface area contributed by atoms with Gasteiger partial charge in [-0.2, -0.15) is 5.10 Å². The standard InChI is InChI=1S/C12H14N4O/c1-3-10-6-11(16-15-10)14-12(17)9-5-4-8(2)13-7-9/h4-7H,3H2,1-2H3,(H2,14,15,16,17). The highest BCUT2D eigenvalue weighted by Crippen LogP contribution is 2.08. The largest absolute Gasteiger partial charge is 0.305 e. The molecule has 0 spiro atoms. The van der Waals surface area contributed by atoms with Crippen molar-refractivity contribution in [3.05, 3.63) is 41.3 Å². The summed E-state index contributed by atoms with van der Waals surface area (Å²) in [4.78, 5) is 15.9. The fraction of sp³-hybridized carbons (Fsp3) is 0.250. The van der Waals surface area contributed by atoms with Gasteiger partial charge in [-0.15, -0.1) is 0 Å². The Morgan fingerprint density at radius 3 is 2.88 bits per heavy atom. The van der Waals surface area contributed by atoms with E-state index in [2.05, 4.69) is 20.5 Å². The maximum absolute atomic E-state index is 11.8. The number of carbonyl (C=O) groups excluding carboxylic acids is 1. The highest BCUT2D eigenvalue weighted by Gasteiger charge is 2.08. The lowest BCUT2D eigenvalue weighted by Gasteiger charge is -2.01. The molecular weight excluding hydrogens is 216 g/mol. The van der Waals surface area contributed by atoms with Crippen molar-refractivity contribution in [3.63, 3.8) is 0 Å². The molecule has 0 atom stereocenters. The molecule has 2 heterocycles. The lowest BCUT2D eigenvalue weighted by Crippen LogP contribution is -2.12. The smallest absolute Gasteiger partial charge is 0.258 e. The molecule has 0 saturated carbocycles. The van der Waals surface area contributed by atoms with Crippen molar-refractivity contribution in [3.8, 4) is 0 Å². The van der Waals surface area contributed by atoms with E-state index >= 15 is 0 Å². The number of nitrogens with one attached hydrogen (secondary N) is 2. The van der Waals surface area contributed by atoms with E-state index in [1.165, 1.54) is 0 Å². The molecule has 1 amide bonds. The van der Waals surface area contributed by atoms with Gasteiger partial charge in [0.1, 0.15) is 0 Å². The number of aryl methyl sites for hydroxylation is 2. The van der Waals surface area contributed by atoms with Crippen molar-refractivity contribution in [2.24, 2.45) is 0 Å². The second kappa shape index (κ2) is 4.78. The number of aromatic amines is 1. The van der Waals surface area contributed by atoms with Gasteiger partial charge in [-0.3, -0.25) is 14.9 Å². The van der Waals surface area contributed by atoms with Crippen molar-refractivity contribution in [1.29, 1.82) is 0 Å². The molecule has 0 bridgehead atoms. The Labute approximate surface area is 99.3 Å². The number of hydrogen-bond donors (Lipinski definition) is 2. The van der Waals surface area contributed by atoms with E-state index in [-0.39, 0.29) is 5.91 Å². The van der Waals surface area contributed by atoms with E-state index in [0.29, 0.717) is 11.4 Å². The molecule has 2 aromatic heterocycles. The van der Waals surface area contributed by atoms with Gasteiger partial charge < -0.3 is 5.32 Å². The molecule has 88 valence electrons. The first kappa shape index (κ1) is 11.3. The number of nitrogens with zero attached hydrogens (tertiary/aromatic N) is 2. The predicted molar refractivity (Wildman–Crippen MR) is 64.9 cm³/mol. The Hall–Kier alpha value is -2.17. The van der Waals surface area contributed by atoms with Crippen LogP contribution < -0.4 is 5.32 Å². The monoisotopic (exact) mass is 230 g/mol. The number of aromatic nitrogens is 3. The lowest BCUT2D eigenvalue weighted by atomic mass is 10.2. The second-order valence-electron chi connectivity index (χ2n) is 3.77. The van der Waals surface area contributed by atoms with Crippen LogP contribution in [-0.4, -0.2) is 21.1 Å². The Morgan fingerprint density at radius 2 is 2.29 bits per heavy atom. The number of H-pyrrole nitrogens is 1. The number of amides is 1. The molecule has 5 nitrogen and oxygen atoms in total. The van der Waals surface area contributed by atoms with Crippen molar-refractivity contribution < 1.29 is 4.79 Å². The first-order valence-electron chi connectivity index (χ1n) is 5.47. The molecule has 2 aromatic rings. The molecule has 2 N–H and O–H groups in total. The fourth-order valence-electron chi connectivity index (χ4n) is 1.40. The number of carbonyl (C=O) groups is 1. The first-order chi connectivity index (χ1) is 8.19. The summed E-state index contributed by atoms with van der Waals surface area (Å²) >= 11 is 0. The predicted octanol–water partition coefficient (Wildman–Crippen LogP) is 1.93. The van der Waals surface area contributed by atoms with Gasteiger partial charge in [-0.1, -0.05) is 6.92 Å². The minimum atomic E-state index is -0.202. The number of hydrogen-bond acceptors (Lipinski definition) is 3. The summed E-state index contributed by atoms with van der Waals surface area (Å²) in [6.45, 7) is 3.89. The molecule has 0 aliphatic heterocycles. The second-order valence-corrected chi connectivity index (χ2v) is 3.77. The topological polar surface area (TPSA) is 70.7 Å². The molecule has 2 rings (SSSR count). The molecule has 0 fully saturated rings. The van der Waals surface area contributed by atoms with Crippen LogP contribution in [0.5, 0.6) is 0 Å².